The Morgan fingerprint density at radius 1 is 1.11 bits per heavy atom. The van der Waals surface area contributed by atoms with E-state index in [1.807, 2.05) is 0 Å². The number of hydrogen-bond acceptors (Lipinski definition) is 3. The Labute approximate surface area is 162 Å². The summed E-state index contributed by atoms with van der Waals surface area (Å²) in [5.41, 5.74) is 1.04. The van der Waals surface area contributed by atoms with Crippen LogP contribution in [0.5, 0.6) is 0 Å². The molecule has 1 atom stereocenters. The molecule has 0 unspecified atom stereocenters. The summed E-state index contributed by atoms with van der Waals surface area (Å²) >= 11 is 5.83. The summed E-state index contributed by atoms with van der Waals surface area (Å²) in [7, 11) is 0. The lowest BCUT2D eigenvalue weighted by molar-refractivity contribution is -0.124. The van der Waals surface area contributed by atoms with Crippen molar-refractivity contribution >= 4 is 40.8 Å². The molecule has 1 heterocycles. The molecule has 1 saturated heterocycles. The Bertz CT molecular complexity index is 868. The first-order chi connectivity index (χ1) is 13.0. The van der Waals surface area contributed by atoms with Gasteiger partial charge in [0, 0.05) is 17.3 Å². The van der Waals surface area contributed by atoms with Crippen LogP contribution in [-0.2, 0) is 9.59 Å². The van der Waals surface area contributed by atoms with Crippen LogP contribution in [0.4, 0.5) is 16.2 Å². The lowest BCUT2D eigenvalue weighted by atomic mass is 10.1. The lowest BCUT2D eigenvalue weighted by Crippen LogP contribution is -2.38. The minimum atomic E-state index is -0.886. The summed E-state index contributed by atoms with van der Waals surface area (Å²) in [6.45, 7) is 3.81. The number of carbonyl (C=O) groups is 3. The molecule has 7 heteroatoms. The number of halogens is 1. The Hall–Kier alpha value is -3.12. The molecular formula is C20H18ClN3O3. The fraction of sp³-hybridized carbons (Fsp3) is 0.150. The standard InChI is InChI=1S/C20H18ClN3O3/c1-2-12-23-17(13-18(25)22-15-10-8-14(21)9-11-15)19(26)24(20(23)27)16-6-4-3-5-7-16/h2-11,17H,1,12-13H2,(H,22,25)/t17-/m0/s1. The number of para-hydroxylation sites is 1. The van der Waals surface area contributed by atoms with E-state index >= 15 is 0 Å². The maximum atomic E-state index is 12.9. The molecule has 0 radical (unpaired) electrons. The number of urea groups is 1. The summed E-state index contributed by atoms with van der Waals surface area (Å²) < 4.78 is 0. The van der Waals surface area contributed by atoms with Crippen LogP contribution in [-0.4, -0.2) is 35.3 Å². The van der Waals surface area contributed by atoms with E-state index in [0.29, 0.717) is 16.4 Å². The minimum Gasteiger partial charge on any atom is -0.326 e. The van der Waals surface area contributed by atoms with Crippen molar-refractivity contribution in [3.63, 3.8) is 0 Å². The topological polar surface area (TPSA) is 69.7 Å². The zero-order valence-electron chi connectivity index (χ0n) is 14.5. The van der Waals surface area contributed by atoms with E-state index < -0.39 is 18.0 Å². The molecular weight excluding hydrogens is 366 g/mol. The highest BCUT2D eigenvalue weighted by molar-refractivity contribution is 6.30. The average molecular weight is 384 g/mol. The van der Waals surface area contributed by atoms with Gasteiger partial charge in [0.05, 0.1) is 12.1 Å². The molecule has 138 valence electrons. The Morgan fingerprint density at radius 3 is 2.41 bits per heavy atom. The molecule has 2 aromatic rings. The van der Waals surface area contributed by atoms with Gasteiger partial charge in [-0.25, -0.2) is 9.69 Å². The van der Waals surface area contributed by atoms with Crippen molar-refractivity contribution in [3.8, 4) is 0 Å². The van der Waals surface area contributed by atoms with E-state index in [2.05, 4.69) is 11.9 Å². The molecule has 0 saturated carbocycles. The number of hydrogen-bond donors (Lipinski definition) is 1. The van der Waals surface area contributed by atoms with E-state index in [9.17, 15) is 14.4 Å². The van der Waals surface area contributed by atoms with Crippen molar-refractivity contribution in [2.45, 2.75) is 12.5 Å². The van der Waals surface area contributed by atoms with Crippen LogP contribution in [0.3, 0.4) is 0 Å². The van der Waals surface area contributed by atoms with Crippen molar-refractivity contribution in [2.24, 2.45) is 0 Å². The van der Waals surface area contributed by atoms with E-state index in [-0.39, 0.29) is 18.9 Å². The van der Waals surface area contributed by atoms with E-state index in [4.69, 9.17) is 11.6 Å². The first-order valence-corrected chi connectivity index (χ1v) is 8.75. The molecule has 6 nitrogen and oxygen atoms in total. The highest BCUT2D eigenvalue weighted by Gasteiger charge is 2.46. The monoisotopic (exact) mass is 383 g/mol. The third kappa shape index (κ3) is 4.01. The molecule has 0 spiro atoms. The Balaban J connectivity index is 1.78. The van der Waals surface area contributed by atoms with E-state index in [1.54, 1.807) is 54.6 Å². The van der Waals surface area contributed by atoms with Crippen molar-refractivity contribution in [1.29, 1.82) is 0 Å². The average Bonchev–Trinajstić information content (AvgIpc) is 2.89. The summed E-state index contributed by atoms with van der Waals surface area (Å²) in [4.78, 5) is 40.5. The summed E-state index contributed by atoms with van der Waals surface area (Å²) in [5, 5.41) is 3.27. The lowest BCUT2D eigenvalue weighted by Gasteiger charge is -2.19. The number of anilines is 2. The highest BCUT2D eigenvalue weighted by atomic mass is 35.5. The fourth-order valence-corrected chi connectivity index (χ4v) is 3.04. The zero-order valence-corrected chi connectivity index (χ0v) is 15.2. The van der Waals surface area contributed by atoms with Gasteiger partial charge >= 0.3 is 6.03 Å². The number of imide groups is 1. The van der Waals surface area contributed by atoms with Gasteiger partial charge in [-0.05, 0) is 36.4 Å². The SMILES string of the molecule is C=CCN1C(=O)N(c2ccccc2)C(=O)[C@@H]1CC(=O)Nc1ccc(Cl)cc1. The normalized spacial score (nSPS) is 16.6. The van der Waals surface area contributed by atoms with Crippen LogP contribution in [0.25, 0.3) is 0 Å². The smallest absolute Gasteiger partial charge is 0.326 e. The summed E-state index contributed by atoms with van der Waals surface area (Å²) in [5.74, 6) is -0.799. The van der Waals surface area contributed by atoms with E-state index in [0.717, 1.165) is 4.90 Å². The molecule has 2 aromatic carbocycles. The maximum Gasteiger partial charge on any atom is 0.332 e. The number of benzene rings is 2. The minimum absolute atomic E-state index is 0.148. The number of rotatable bonds is 6. The molecule has 3 rings (SSSR count). The zero-order chi connectivity index (χ0) is 19.4. The van der Waals surface area contributed by atoms with Gasteiger partial charge in [-0.15, -0.1) is 6.58 Å². The van der Waals surface area contributed by atoms with Gasteiger partial charge in [0.25, 0.3) is 5.91 Å². The van der Waals surface area contributed by atoms with Crippen LogP contribution in [0.15, 0.2) is 67.3 Å². The van der Waals surface area contributed by atoms with Crippen LogP contribution >= 0.6 is 11.6 Å². The van der Waals surface area contributed by atoms with Gasteiger partial charge in [0.15, 0.2) is 0 Å². The second kappa shape index (κ2) is 8.05. The molecule has 0 bridgehead atoms. The predicted molar refractivity (Wildman–Crippen MR) is 105 cm³/mol. The van der Waals surface area contributed by atoms with Crippen LogP contribution in [0.1, 0.15) is 6.42 Å². The largest absolute Gasteiger partial charge is 0.332 e. The van der Waals surface area contributed by atoms with Crippen molar-refractivity contribution < 1.29 is 14.4 Å². The summed E-state index contributed by atoms with van der Waals surface area (Å²) in [6, 6.07) is 13.9. The van der Waals surface area contributed by atoms with Crippen molar-refractivity contribution in [3.05, 3.63) is 72.3 Å². The highest BCUT2D eigenvalue weighted by Crippen LogP contribution is 2.27. The fourth-order valence-electron chi connectivity index (χ4n) is 2.92. The van der Waals surface area contributed by atoms with Gasteiger partial charge in [-0.3, -0.25) is 9.59 Å². The van der Waals surface area contributed by atoms with Crippen LogP contribution in [0.2, 0.25) is 5.02 Å². The molecule has 4 amide bonds. The number of amides is 4. The molecule has 1 fully saturated rings. The number of carbonyl (C=O) groups excluding carboxylic acids is 3. The summed E-state index contributed by atoms with van der Waals surface area (Å²) in [6.07, 6.45) is 1.38. The third-order valence-electron chi connectivity index (χ3n) is 4.17. The van der Waals surface area contributed by atoms with Gasteiger partial charge in [0.2, 0.25) is 5.91 Å². The Morgan fingerprint density at radius 2 is 1.78 bits per heavy atom. The molecule has 1 N–H and O–H groups in total. The molecule has 1 aliphatic heterocycles. The first-order valence-electron chi connectivity index (χ1n) is 8.37. The van der Waals surface area contributed by atoms with Crippen LogP contribution in [0, 0.1) is 0 Å². The number of nitrogens with one attached hydrogen (secondary N) is 1. The molecule has 0 aliphatic carbocycles. The predicted octanol–water partition coefficient (Wildman–Crippen LogP) is 3.69. The van der Waals surface area contributed by atoms with Crippen molar-refractivity contribution in [1.82, 2.24) is 4.90 Å². The Kier molecular flexibility index (Phi) is 5.57. The number of nitrogens with zero attached hydrogens (tertiary/aromatic N) is 2. The van der Waals surface area contributed by atoms with Crippen molar-refractivity contribution in [2.75, 3.05) is 16.8 Å². The second-order valence-corrected chi connectivity index (χ2v) is 6.44. The van der Waals surface area contributed by atoms with Gasteiger partial charge in [-0.2, -0.15) is 0 Å². The first kappa shape index (κ1) is 18.7. The maximum absolute atomic E-state index is 12.9. The quantitative estimate of drug-likeness (QED) is 0.611. The van der Waals surface area contributed by atoms with Gasteiger partial charge < -0.3 is 10.2 Å². The van der Waals surface area contributed by atoms with Crippen LogP contribution < -0.4 is 10.2 Å². The van der Waals surface area contributed by atoms with E-state index in [1.165, 1.54) is 11.0 Å². The molecule has 0 aromatic heterocycles. The second-order valence-electron chi connectivity index (χ2n) is 6.01. The molecule has 1 aliphatic rings. The third-order valence-corrected chi connectivity index (χ3v) is 4.42. The molecule has 27 heavy (non-hydrogen) atoms. The van der Waals surface area contributed by atoms with Gasteiger partial charge in [-0.1, -0.05) is 35.9 Å². The van der Waals surface area contributed by atoms with Gasteiger partial charge in [0.1, 0.15) is 6.04 Å².